The van der Waals surface area contributed by atoms with Gasteiger partial charge in [0.25, 0.3) is 5.91 Å². The predicted octanol–water partition coefficient (Wildman–Crippen LogP) is 2.45. The zero-order valence-electron chi connectivity index (χ0n) is 11.5. The molecule has 20 heavy (non-hydrogen) atoms. The number of pyridine rings is 1. The molecule has 104 valence electrons. The van der Waals surface area contributed by atoms with Crippen molar-refractivity contribution >= 4 is 5.91 Å². The van der Waals surface area contributed by atoms with E-state index in [2.05, 4.69) is 10.3 Å². The van der Waals surface area contributed by atoms with Crippen LogP contribution < -0.4 is 10.1 Å². The molecule has 4 heteroatoms. The molecule has 0 fully saturated rings. The minimum Gasteiger partial charge on any atom is -0.497 e. The van der Waals surface area contributed by atoms with Gasteiger partial charge < -0.3 is 10.1 Å². The van der Waals surface area contributed by atoms with Crippen LogP contribution in [0.5, 0.6) is 5.75 Å². The van der Waals surface area contributed by atoms with Crippen LogP contribution in [0.1, 0.15) is 22.5 Å². The first-order chi connectivity index (χ1) is 9.79. The van der Waals surface area contributed by atoms with Crippen molar-refractivity contribution in [3.05, 3.63) is 59.9 Å². The van der Waals surface area contributed by atoms with Crippen LogP contribution in [0.3, 0.4) is 0 Å². The average Bonchev–Trinajstić information content (AvgIpc) is 2.52. The minimum absolute atomic E-state index is 0.0788. The monoisotopic (exact) mass is 270 g/mol. The summed E-state index contributed by atoms with van der Waals surface area (Å²) in [6, 6.07) is 13.0. The molecule has 0 unspecified atom stereocenters. The second-order valence-electron chi connectivity index (χ2n) is 4.41. The van der Waals surface area contributed by atoms with Crippen molar-refractivity contribution in [1.29, 1.82) is 0 Å². The summed E-state index contributed by atoms with van der Waals surface area (Å²) >= 11 is 0. The van der Waals surface area contributed by atoms with Crippen molar-refractivity contribution in [2.45, 2.75) is 12.8 Å². The van der Waals surface area contributed by atoms with Crippen LogP contribution in [-0.4, -0.2) is 24.5 Å². The van der Waals surface area contributed by atoms with Crippen LogP contribution in [-0.2, 0) is 6.42 Å². The van der Waals surface area contributed by atoms with Gasteiger partial charge in [-0.1, -0.05) is 12.1 Å². The minimum atomic E-state index is -0.0788. The zero-order chi connectivity index (χ0) is 14.2. The molecule has 1 aromatic carbocycles. The van der Waals surface area contributed by atoms with E-state index in [1.165, 1.54) is 0 Å². The Labute approximate surface area is 118 Å². The van der Waals surface area contributed by atoms with Crippen LogP contribution in [0.25, 0.3) is 0 Å². The summed E-state index contributed by atoms with van der Waals surface area (Å²) in [7, 11) is 1.59. The van der Waals surface area contributed by atoms with E-state index >= 15 is 0 Å². The van der Waals surface area contributed by atoms with Gasteiger partial charge in [-0.2, -0.15) is 0 Å². The van der Waals surface area contributed by atoms with Crippen molar-refractivity contribution in [2.24, 2.45) is 0 Å². The van der Waals surface area contributed by atoms with Gasteiger partial charge in [0.2, 0.25) is 0 Å². The summed E-state index contributed by atoms with van der Waals surface area (Å²) < 4.78 is 5.10. The Bertz CT molecular complexity index is 555. The fourth-order valence-corrected chi connectivity index (χ4v) is 1.88. The number of amides is 1. The third kappa shape index (κ3) is 4.09. The quantitative estimate of drug-likeness (QED) is 0.820. The van der Waals surface area contributed by atoms with Gasteiger partial charge in [-0.3, -0.25) is 9.78 Å². The number of carbonyl (C=O) groups excluding carboxylic acids is 1. The Kier molecular flexibility index (Phi) is 5.12. The smallest absolute Gasteiger partial charge is 0.251 e. The Balaban J connectivity index is 1.77. The Hall–Kier alpha value is -2.36. The van der Waals surface area contributed by atoms with Gasteiger partial charge in [-0.25, -0.2) is 0 Å². The topological polar surface area (TPSA) is 51.2 Å². The van der Waals surface area contributed by atoms with Gasteiger partial charge in [0.05, 0.1) is 7.11 Å². The maximum Gasteiger partial charge on any atom is 0.251 e. The molecule has 2 rings (SSSR count). The summed E-state index contributed by atoms with van der Waals surface area (Å²) in [5.41, 5.74) is 1.66. The number of aromatic nitrogens is 1. The molecule has 1 amide bonds. The summed E-state index contributed by atoms with van der Waals surface area (Å²) in [6.45, 7) is 0.632. The number of ether oxygens (including phenoxy) is 1. The molecule has 0 aliphatic carbocycles. The average molecular weight is 270 g/mol. The maximum absolute atomic E-state index is 11.9. The van der Waals surface area contributed by atoms with Crippen LogP contribution >= 0.6 is 0 Å². The SMILES string of the molecule is COc1cccc(C(=O)NCCCc2ccccn2)c1. The zero-order valence-corrected chi connectivity index (χ0v) is 11.5. The molecule has 0 spiro atoms. The van der Waals surface area contributed by atoms with Gasteiger partial charge in [0.15, 0.2) is 0 Å². The lowest BCUT2D eigenvalue weighted by atomic mass is 10.2. The summed E-state index contributed by atoms with van der Waals surface area (Å²) in [5, 5.41) is 2.90. The largest absolute Gasteiger partial charge is 0.497 e. The number of methoxy groups -OCH3 is 1. The second kappa shape index (κ2) is 7.28. The van der Waals surface area contributed by atoms with Gasteiger partial charge in [-0.05, 0) is 43.2 Å². The molecule has 0 bridgehead atoms. The number of hydrogen-bond acceptors (Lipinski definition) is 3. The van der Waals surface area contributed by atoms with E-state index < -0.39 is 0 Å². The molecule has 0 radical (unpaired) electrons. The predicted molar refractivity (Wildman–Crippen MR) is 77.9 cm³/mol. The highest BCUT2D eigenvalue weighted by Crippen LogP contribution is 2.12. The molecule has 0 atom stereocenters. The van der Waals surface area contributed by atoms with Crippen molar-refractivity contribution in [2.75, 3.05) is 13.7 Å². The lowest BCUT2D eigenvalue weighted by Gasteiger charge is -2.06. The molecular weight excluding hydrogens is 252 g/mol. The van der Waals surface area contributed by atoms with Crippen LogP contribution in [0.15, 0.2) is 48.7 Å². The number of nitrogens with one attached hydrogen (secondary N) is 1. The molecule has 0 aliphatic rings. The van der Waals surface area contributed by atoms with E-state index in [4.69, 9.17) is 4.74 Å². The molecule has 1 heterocycles. The van der Waals surface area contributed by atoms with Crippen LogP contribution in [0.4, 0.5) is 0 Å². The normalized spacial score (nSPS) is 10.1. The fraction of sp³-hybridized carbons (Fsp3) is 0.250. The highest BCUT2D eigenvalue weighted by molar-refractivity contribution is 5.94. The Morgan fingerprint density at radius 2 is 2.15 bits per heavy atom. The third-order valence-electron chi connectivity index (χ3n) is 2.95. The Morgan fingerprint density at radius 1 is 1.25 bits per heavy atom. The van der Waals surface area contributed by atoms with E-state index in [9.17, 15) is 4.79 Å². The number of nitrogens with zero attached hydrogens (tertiary/aromatic N) is 1. The lowest BCUT2D eigenvalue weighted by Crippen LogP contribution is -2.24. The summed E-state index contributed by atoms with van der Waals surface area (Å²) in [4.78, 5) is 16.2. The number of carbonyl (C=O) groups is 1. The molecule has 1 aromatic heterocycles. The van der Waals surface area contributed by atoms with Crippen molar-refractivity contribution < 1.29 is 9.53 Å². The first-order valence-electron chi connectivity index (χ1n) is 6.62. The Morgan fingerprint density at radius 3 is 2.90 bits per heavy atom. The highest BCUT2D eigenvalue weighted by atomic mass is 16.5. The fourth-order valence-electron chi connectivity index (χ4n) is 1.88. The highest BCUT2D eigenvalue weighted by Gasteiger charge is 2.05. The van der Waals surface area contributed by atoms with Crippen molar-refractivity contribution in [1.82, 2.24) is 10.3 Å². The third-order valence-corrected chi connectivity index (χ3v) is 2.95. The van der Waals surface area contributed by atoms with E-state index in [1.807, 2.05) is 30.3 Å². The van der Waals surface area contributed by atoms with Crippen molar-refractivity contribution in [3.63, 3.8) is 0 Å². The molecule has 0 aliphatic heterocycles. The molecule has 4 nitrogen and oxygen atoms in total. The summed E-state index contributed by atoms with van der Waals surface area (Å²) in [6.07, 6.45) is 3.51. The molecule has 1 N–H and O–H groups in total. The summed E-state index contributed by atoms with van der Waals surface area (Å²) in [5.74, 6) is 0.607. The number of rotatable bonds is 6. The molecular formula is C16H18N2O2. The van der Waals surface area contributed by atoms with Crippen molar-refractivity contribution in [3.8, 4) is 5.75 Å². The first kappa shape index (κ1) is 14.1. The number of benzene rings is 1. The molecule has 0 saturated heterocycles. The first-order valence-corrected chi connectivity index (χ1v) is 6.62. The van der Waals surface area contributed by atoms with Crippen LogP contribution in [0, 0.1) is 0 Å². The van der Waals surface area contributed by atoms with Gasteiger partial charge in [0, 0.05) is 24.0 Å². The van der Waals surface area contributed by atoms with E-state index in [-0.39, 0.29) is 5.91 Å². The standard InChI is InChI=1S/C16H18N2O2/c1-20-15-9-4-6-13(12-15)16(19)18-11-5-8-14-7-2-3-10-17-14/h2-4,6-7,9-10,12H,5,8,11H2,1H3,(H,18,19). The number of hydrogen-bond donors (Lipinski definition) is 1. The molecule has 0 saturated carbocycles. The van der Waals surface area contributed by atoms with E-state index in [0.717, 1.165) is 18.5 Å². The van der Waals surface area contributed by atoms with Gasteiger partial charge in [-0.15, -0.1) is 0 Å². The second-order valence-corrected chi connectivity index (χ2v) is 4.41. The van der Waals surface area contributed by atoms with E-state index in [0.29, 0.717) is 17.9 Å². The number of aryl methyl sites for hydroxylation is 1. The maximum atomic E-state index is 11.9. The van der Waals surface area contributed by atoms with Gasteiger partial charge in [0.1, 0.15) is 5.75 Å². The van der Waals surface area contributed by atoms with Crippen LogP contribution in [0.2, 0.25) is 0 Å². The van der Waals surface area contributed by atoms with E-state index in [1.54, 1.807) is 25.4 Å². The van der Waals surface area contributed by atoms with Gasteiger partial charge >= 0.3 is 0 Å². The molecule has 2 aromatic rings. The lowest BCUT2D eigenvalue weighted by molar-refractivity contribution is 0.0953.